The molecule has 10 nitrogen and oxygen atoms in total. The summed E-state index contributed by atoms with van der Waals surface area (Å²) in [6.45, 7) is 2.97. The highest BCUT2D eigenvalue weighted by Crippen LogP contribution is 2.20. The highest BCUT2D eigenvalue weighted by Gasteiger charge is 2.19. The van der Waals surface area contributed by atoms with Gasteiger partial charge in [-0.3, -0.25) is 4.79 Å². The third kappa shape index (κ3) is 5.36. The molecule has 0 aliphatic heterocycles. The molecular weight excluding hydrogens is 382 g/mol. The van der Waals surface area contributed by atoms with Gasteiger partial charge in [0.25, 0.3) is 0 Å². The Morgan fingerprint density at radius 1 is 1.04 bits per heavy atom. The van der Waals surface area contributed by atoms with Gasteiger partial charge in [0, 0.05) is 40.8 Å². The number of nitrogens with zero attached hydrogens (tertiary/aromatic N) is 5. The van der Waals surface area contributed by atoms with Crippen molar-refractivity contribution in [3.8, 4) is 0 Å². The number of rotatable bonds is 7. The Bertz CT molecular complexity index is 948. The van der Waals surface area contributed by atoms with Crippen LogP contribution in [0.4, 0.5) is 17.6 Å². The minimum absolute atomic E-state index is 0.0839. The molecule has 0 bridgehead atoms. The van der Waals surface area contributed by atoms with Gasteiger partial charge < -0.3 is 15.1 Å². The molecule has 1 aromatic heterocycles. The number of anilines is 3. The third-order valence-corrected chi connectivity index (χ3v) is 5.22. The number of aryl methyl sites for hydroxylation is 1. The van der Waals surface area contributed by atoms with Crippen LogP contribution in [0.3, 0.4) is 0 Å². The molecule has 0 radical (unpaired) electrons. The van der Waals surface area contributed by atoms with Gasteiger partial charge >= 0.3 is 0 Å². The van der Waals surface area contributed by atoms with E-state index in [1.165, 1.54) is 13.0 Å². The van der Waals surface area contributed by atoms with Crippen LogP contribution in [0.15, 0.2) is 23.1 Å². The zero-order valence-electron chi connectivity index (χ0n) is 16.8. The monoisotopic (exact) mass is 407 g/mol. The zero-order valence-corrected chi connectivity index (χ0v) is 17.6. The molecular formula is C17H25N7O3S. The predicted molar refractivity (Wildman–Crippen MR) is 108 cm³/mol. The molecule has 0 saturated heterocycles. The number of hydrogen-bond donors (Lipinski definition) is 2. The topological polar surface area (TPSA) is 120 Å². The zero-order chi connectivity index (χ0) is 21.1. The Morgan fingerprint density at radius 2 is 1.61 bits per heavy atom. The molecule has 11 heteroatoms. The first-order chi connectivity index (χ1) is 13.0. The lowest BCUT2D eigenvalue weighted by molar-refractivity contribution is -0.114. The van der Waals surface area contributed by atoms with Crippen molar-refractivity contribution in [2.45, 2.75) is 25.3 Å². The molecule has 28 heavy (non-hydrogen) atoms. The van der Waals surface area contributed by atoms with E-state index in [0.717, 1.165) is 0 Å². The quantitative estimate of drug-likeness (QED) is 0.690. The van der Waals surface area contributed by atoms with Gasteiger partial charge in [-0.15, -0.1) is 0 Å². The van der Waals surface area contributed by atoms with Crippen molar-refractivity contribution >= 4 is 33.5 Å². The van der Waals surface area contributed by atoms with Crippen LogP contribution < -0.4 is 19.8 Å². The normalized spacial score (nSPS) is 11.2. The minimum Gasteiger partial charge on any atom is -0.347 e. The van der Waals surface area contributed by atoms with Gasteiger partial charge in [-0.05, 0) is 30.7 Å². The third-order valence-electron chi connectivity index (χ3n) is 3.66. The number of sulfonamides is 1. The van der Waals surface area contributed by atoms with Gasteiger partial charge in [-0.2, -0.15) is 15.0 Å². The van der Waals surface area contributed by atoms with Crippen molar-refractivity contribution in [2.75, 3.05) is 43.3 Å². The van der Waals surface area contributed by atoms with Crippen LogP contribution in [0.25, 0.3) is 0 Å². The summed E-state index contributed by atoms with van der Waals surface area (Å²) in [7, 11) is 3.39. The molecule has 0 aliphatic carbocycles. The molecule has 0 saturated carbocycles. The maximum absolute atomic E-state index is 12.7. The van der Waals surface area contributed by atoms with Crippen LogP contribution in [0.5, 0.6) is 0 Å². The lowest BCUT2D eigenvalue weighted by Crippen LogP contribution is -2.27. The van der Waals surface area contributed by atoms with Gasteiger partial charge in [0.2, 0.25) is 27.8 Å². The van der Waals surface area contributed by atoms with Gasteiger partial charge in [0.05, 0.1) is 11.4 Å². The van der Waals surface area contributed by atoms with Crippen LogP contribution in [-0.2, 0) is 21.4 Å². The Balaban J connectivity index is 2.25. The van der Waals surface area contributed by atoms with E-state index >= 15 is 0 Å². The molecule has 0 aliphatic rings. The van der Waals surface area contributed by atoms with E-state index in [-0.39, 0.29) is 17.3 Å². The van der Waals surface area contributed by atoms with Crippen LogP contribution in [0.1, 0.15) is 18.3 Å². The van der Waals surface area contributed by atoms with Gasteiger partial charge in [-0.1, -0.05) is 0 Å². The van der Waals surface area contributed by atoms with Crippen LogP contribution in [0, 0.1) is 6.92 Å². The molecule has 2 aromatic rings. The summed E-state index contributed by atoms with van der Waals surface area (Å²) in [6, 6.07) is 4.60. The first-order valence-electron chi connectivity index (χ1n) is 8.47. The van der Waals surface area contributed by atoms with Gasteiger partial charge in [-0.25, -0.2) is 13.1 Å². The standard InChI is InChI=1S/C17H25N7O3S/c1-11-9-13(19-12(2)25)7-8-14(11)28(26,27)18-10-15-20-16(23(3)4)22-17(21-15)24(5)6/h7-9,18H,10H2,1-6H3,(H,19,25). The predicted octanol–water partition coefficient (Wildman–Crippen LogP) is 0.749. The average Bonchev–Trinajstić information content (AvgIpc) is 2.59. The average molecular weight is 408 g/mol. The molecule has 2 rings (SSSR count). The fourth-order valence-corrected chi connectivity index (χ4v) is 3.55. The highest BCUT2D eigenvalue weighted by atomic mass is 32.2. The van der Waals surface area contributed by atoms with E-state index < -0.39 is 10.0 Å². The number of carbonyl (C=O) groups is 1. The lowest BCUT2D eigenvalue weighted by Gasteiger charge is -2.16. The fourth-order valence-electron chi connectivity index (χ4n) is 2.34. The van der Waals surface area contributed by atoms with Crippen LogP contribution in [-0.4, -0.2) is 57.5 Å². The first kappa shape index (κ1) is 21.5. The maximum Gasteiger partial charge on any atom is 0.241 e. The Hall–Kier alpha value is -2.79. The second kappa shape index (κ2) is 8.48. The summed E-state index contributed by atoms with van der Waals surface area (Å²) in [5.41, 5.74) is 1.05. The van der Waals surface area contributed by atoms with Crippen molar-refractivity contribution in [1.29, 1.82) is 0 Å². The fraction of sp³-hybridized carbons (Fsp3) is 0.412. The molecule has 0 spiro atoms. The SMILES string of the molecule is CC(=O)Nc1ccc(S(=O)(=O)NCc2nc(N(C)C)nc(N(C)C)n2)c(C)c1. The molecule has 0 atom stereocenters. The summed E-state index contributed by atoms with van der Waals surface area (Å²) in [5, 5.41) is 2.63. The number of benzene rings is 1. The van der Waals surface area contributed by atoms with Crippen molar-refractivity contribution < 1.29 is 13.2 Å². The molecule has 152 valence electrons. The van der Waals surface area contributed by atoms with Crippen LogP contribution >= 0.6 is 0 Å². The minimum atomic E-state index is -3.79. The summed E-state index contributed by atoms with van der Waals surface area (Å²) >= 11 is 0. The summed E-state index contributed by atoms with van der Waals surface area (Å²) in [5.74, 6) is 0.947. The summed E-state index contributed by atoms with van der Waals surface area (Å²) in [4.78, 5) is 27.6. The van der Waals surface area contributed by atoms with Gasteiger partial charge in [0.1, 0.15) is 0 Å². The van der Waals surface area contributed by atoms with E-state index in [1.807, 2.05) is 0 Å². The van der Waals surface area contributed by atoms with Crippen LogP contribution in [0.2, 0.25) is 0 Å². The van der Waals surface area contributed by atoms with E-state index in [0.29, 0.717) is 29.0 Å². The van der Waals surface area contributed by atoms with Gasteiger partial charge in [0.15, 0.2) is 5.82 Å². The first-order valence-corrected chi connectivity index (χ1v) is 9.95. The van der Waals surface area contributed by atoms with E-state index in [4.69, 9.17) is 0 Å². The number of nitrogens with one attached hydrogen (secondary N) is 2. The number of carbonyl (C=O) groups excluding carboxylic acids is 1. The van der Waals surface area contributed by atoms with Crippen molar-refractivity contribution in [2.24, 2.45) is 0 Å². The number of hydrogen-bond acceptors (Lipinski definition) is 8. The summed E-state index contributed by atoms with van der Waals surface area (Å²) < 4.78 is 27.9. The second-order valence-corrected chi connectivity index (χ2v) is 8.36. The van der Waals surface area contributed by atoms with Crippen molar-refractivity contribution in [1.82, 2.24) is 19.7 Å². The number of aromatic nitrogens is 3. The second-order valence-electron chi connectivity index (χ2n) is 6.63. The molecule has 2 N–H and O–H groups in total. The van der Waals surface area contributed by atoms with Crippen molar-refractivity contribution in [3.63, 3.8) is 0 Å². The van der Waals surface area contributed by atoms with Crippen molar-refractivity contribution in [3.05, 3.63) is 29.6 Å². The van der Waals surface area contributed by atoms with E-state index in [1.54, 1.807) is 57.0 Å². The Kier molecular flexibility index (Phi) is 6.52. The molecule has 1 aromatic carbocycles. The van der Waals surface area contributed by atoms with E-state index in [2.05, 4.69) is 25.0 Å². The molecule has 1 amide bonds. The Labute approximate surface area is 165 Å². The largest absolute Gasteiger partial charge is 0.347 e. The Morgan fingerprint density at radius 3 is 2.07 bits per heavy atom. The number of amides is 1. The lowest BCUT2D eigenvalue weighted by atomic mass is 10.2. The maximum atomic E-state index is 12.7. The summed E-state index contributed by atoms with van der Waals surface area (Å²) in [6.07, 6.45) is 0. The molecule has 0 fully saturated rings. The molecule has 0 unspecified atom stereocenters. The highest BCUT2D eigenvalue weighted by molar-refractivity contribution is 7.89. The molecule has 1 heterocycles. The smallest absolute Gasteiger partial charge is 0.241 e. The van der Waals surface area contributed by atoms with E-state index in [9.17, 15) is 13.2 Å².